The van der Waals surface area contributed by atoms with Crippen LogP contribution in [0.25, 0.3) is 0 Å². The molecule has 0 spiro atoms. The van der Waals surface area contributed by atoms with E-state index in [9.17, 15) is 23.6 Å². The van der Waals surface area contributed by atoms with Crippen molar-refractivity contribution in [3.8, 4) is 0 Å². The van der Waals surface area contributed by atoms with Gasteiger partial charge in [-0.1, -0.05) is 37.3 Å². The number of anilines is 2. The van der Waals surface area contributed by atoms with Gasteiger partial charge in [0.1, 0.15) is 23.3 Å². The predicted molar refractivity (Wildman–Crippen MR) is 136 cm³/mol. The van der Waals surface area contributed by atoms with Crippen molar-refractivity contribution < 1.29 is 28.3 Å². The van der Waals surface area contributed by atoms with E-state index < -0.39 is 42.1 Å². The van der Waals surface area contributed by atoms with Gasteiger partial charge < -0.3 is 21.5 Å². The maximum absolute atomic E-state index is 14.0. The molecule has 0 fully saturated rings. The Labute approximate surface area is 216 Å². The number of nitrogens with zero attached hydrogens (tertiary/aromatic N) is 2. The minimum Gasteiger partial charge on any atom is -0.465 e. The molecule has 37 heavy (non-hydrogen) atoms. The smallest absolute Gasteiger partial charge is 0.325 e. The van der Waals surface area contributed by atoms with Crippen LogP contribution in [0.3, 0.4) is 0 Å². The van der Waals surface area contributed by atoms with Crippen LogP contribution in [0.1, 0.15) is 51.2 Å². The third kappa shape index (κ3) is 6.09. The maximum Gasteiger partial charge on any atom is 0.325 e. The van der Waals surface area contributed by atoms with Gasteiger partial charge in [-0.25, -0.2) is 4.39 Å². The Bertz CT molecular complexity index is 1310. The van der Waals surface area contributed by atoms with Gasteiger partial charge in [-0.15, -0.1) is 0 Å². The summed E-state index contributed by atoms with van der Waals surface area (Å²) < 4.78 is 22.6. The summed E-state index contributed by atoms with van der Waals surface area (Å²) in [4.78, 5) is 52.3. The van der Waals surface area contributed by atoms with E-state index in [4.69, 9.17) is 16.2 Å². The molecule has 0 aliphatic carbocycles. The zero-order valence-corrected chi connectivity index (χ0v) is 21.0. The highest BCUT2D eigenvalue weighted by Gasteiger charge is 2.37. The van der Waals surface area contributed by atoms with Gasteiger partial charge in [0.25, 0.3) is 11.8 Å². The quantitative estimate of drug-likeness (QED) is 0.342. The van der Waals surface area contributed by atoms with Crippen molar-refractivity contribution in [1.82, 2.24) is 9.69 Å². The summed E-state index contributed by atoms with van der Waals surface area (Å²) in [6, 6.07) is 10.6. The zero-order chi connectivity index (χ0) is 27.1. The first-order valence-corrected chi connectivity index (χ1v) is 12.1. The number of halogens is 1. The SMILES string of the molecule is CCOC(=O)CNC(=O)[C@@H](c1ccc(F)cc1)N(C(=O)c1snc(C(N)=O)c1N)c1ccccc1CC. The number of primary amides is 1. The molecule has 2 aromatic carbocycles. The molecule has 0 bridgehead atoms. The second-order valence-electron chi connectivity index (χ2n) is 7.77. The van der Waals surface area contributed by atoms with Crippen molar-refractivity contribution in [3.05, 3.63) is 76.0 Å². The van der Waals surface area contributed by atoms with Crippen LogP contribution in [0.2, 0.25) is 0 Å². The minimum atomic E-state index is -1.35. The molecule has 0 radical (unpaired) electrons. The van der Waals surface area contributed by atoms with Gasteiger partial charge in [0, 0.05) is 5.69 Å². The normalized spacial score (nSPS) is 11.4. The lowest BCUT2D eigenvalue weighted by Crippen LogP contribution is -2.45. The van der Waals surface area contributed by atoms with Crippen LogP contribution in [-0.4, -0.2) is 41.2 Å². The molecule has 1 heterocycles. The van der Waals surface area contributed by atoms with Gasteiger partial charge >= 0.3 is 5.97 Å². The molecule has 0 aliphatic heterocycles. The first kappa shape index (κ1) is 27.3. The van der Waals surface area contributed by atoms with Crippen molar-refractivity contribution in [2.45, 2.75) is 26.3 Å². The van der Waals surface area contributed by atoms with E-state index in [2.05, 4.69) is 9.69 Å². The van der Waals surface area contributed by atoms with Gasteiger partial charge in [-0.2, -0.15) is 4.37 Å². The zero-order valence-electron chi connectivity index (χ0n) is 20.2. The van der Waals surface area contributed by atoms with Gasteiger partial charge in [0.15, 0.2) is 5.69 Å². The Balaban J connectivity index is 2.20. The monoisotopic (exact) mass is 527 g/mol. The van der Waals surface area contributed by atoms with Gasteiger partial charge in [0.2, 0.25) is 5.91 Å². The summed E-state index contributed by atoms with van der Waals surface area (Å²) in [5.41, 5.74) is 12.3. The van der Waals surface area contributed by atoms with E-state index in [1.807, 2.05) is 6.92 Å². The predicted octanol–water partition coefficient (Wildman–Crippen LogP) is 2.59. The number of hydrogen-bond acceptors (Lipinski definition) is 8. The molecular weight excluding hydrogens is 501 g/mol. The second-order valence-corrected chi connectivity index (χ2v) is 8.55. The lowest BCUT2D eigenvalue weighted by Gasteiger charge is -2.32. The highest BCUT2D eigenvalue weighted by atomic mass is 32.1. The molecule has 1 atom stereocenters. The number of nitrogen functional groups attached to an aromatic ring is 1. The van der Waals surface area contributed by atoms with Crippen LogP contribution >= 0.6 is 11.5 Å². The number of rotatable bonds is 10. The number of hydrogen-bond donors (Lipinski definition) is 3. The number of ether oxygens (including phenoxy) is 1. The van der Waals surface area contributed by atoms with Crippen LogP contribution in [-0.2, 0) is 20.7 Å². The molecule has 3 aromatic rings. The van der Waals surface area contributed by atoms with E-state index in [1.54, 1.807) is 31.2 Å². The fourth-order valence-electron chi connectivity index (χ4n) is 3.68. The second kappa shape index (κ2) is 12.1. The van der Waals surface area contributed by atoms with Gasteiger partial charge in [-0.3, -0.25) is 24.1 Å². The summed E-state index contributed by atoms with van der Waals surface area (Å²) in [6.07, 6.45) is 0.505. The summed E-state index contributed by atoms with van der Waals surface area (Å²) in [7, 11) is 0. The molecule has 12 heteroatoms. The Kier molecular flexibility index (Phi) is 8.90. The van der Waals surface area contributed by atoms with E-state index in [0.29, 0.717) is 23.6 Å². The van der Waals surface area contributed by atoms with Crippen molar-refractivity contribution >= 4 is 46.6 Å². The summed E-state index contributed by atoms with van der Waals surface area (Å²) in [5, 5.41) is 2.49. The molecule has 5 N–H and O–H groups in total. The first-order chi connectivity index (χ1) is 17.7. The molecule has 1 aromatic heterocycles. The summed E-state index contributed by atoms with van der Waals surface area (Å²) >= 11 is 0.668. The number of aromatic nitrogens is 1. The molecule has 3 amide bonds. The van der Waals surface area contributed by atoms with Crippen molar-refractivity contribution in [3.63, 3.8) is 0 Å². The highest BCUT2D eigenvalue weighted by Crippen LogP contribution is 2.35. The van der Waals surface area contributed by atoms with E-state index in [-0.39, 0.29) is 28.4 Å². The number of nitrogens with two attached hydrogens (primary N) is 2. The fraction of sp³-hybridized carbons (Fsp3) is 0.240. The molecule has 10 nitrogen and oxygen atoms in total. The van der Waals surface area contributed by atoms with Crippen molar-refractivity contribution in [2.75, 3.05) is 23.8 Å². The van der Waals surface area contributed by atoms with E-state index >= 15 is 0 Å². The minimum absolute atomic E-state index is 0.106. The first-order valence-electron chi connectivity index (χ1n) is 11.3. The van der Waals surface area contributed by atoms with Crippen LogP contribution in [0, 0.1) is 5.82 Å². The van der Waals surface area contributed by atoms with Crippen LogP contribution in [0.5, 0.6) is 0 Å². The molecule has 0 saturated carbocycles. The van der Waals surface area contributed by atoms with E-state index in [0.717, 1.165) is 17.7 Å². The molecule has 3 rings (SSSR count). The Hall–Kier alpha value is -4.32. The number of esters is 1. The number of benzene rings is 2. The number of aryl methyl sites for hydroxylation is 1. The Morgan fingerprint density at radius 2 is 1.78 bits per heavy atom. The van der Waals surface area contributed by atoms with Crippen LogP contribution in [0.15, 0.2) is 48.5 Å². The van der Waals surface area contributed by atoms with Crippen molar-refractivity contribution in [2.24, 2.45) is 5.73 Å². The molecule has 0 aliphatic rings. The lowest BCUT2D eigenvalue weighted by atomic mass is 10.0. The molecule has 0 unspecified atom stereocenters. The Morgan fingerprint density at radius 1 is 1.11 bits per heavy atom. The largest absolute Gasteiger partial charge is 0.465 e. The molecule has 194 valence electrons. The highest BCUT2D eigenvalue weighted by molar-refractivity contribution is 7.09. The number of carbonyl (C=O) groups excluding carboxylic acids is 4. The van der Waals surface area contributed by atoms with Gasteiger partial charge in [-0.05, 0) is 54.2 Å². The van der Waals surface area contributed by atoms with Crippen LogP contribution in [0.4, 0.5) is 15.8 Å². The third-order valence-corrected chi connectivity index (χ3v) is 6.26. The fourth-order valence-corrected chi connectivity index (χ4v) is 4.42. The van der Waals surface area contributed by atoms with Crippen LogP contribution < -0.4 is 21.7 Å². The summed E-state index contributed by atoms with van der Waals surface area (Å²) in [6.45, 7) is 3.18. The molecular formula is C25H26FN5O5S. The van der Waals surface area contributed by atoms with E-state index in [1.165, 1.54) is 17.0 Å². The third-order valence-electron chi connectivity index (χ3n) is 5.41. The summed E-state index contributed by atoms with van der Waals surface area (Å²) in [5.74, 6) is -3.57. The topological polar surface area (TPSA) is 158 Å². The number of nitrogens with one attached hydrogen (secondary N) is 1. The average molecular weight is 528 g/mol. The number of para-hydroxylation sites is 1. The average Bonchev–Trinajstić information content (AvgIpc) is 3.28. The Morgan fingerprint density at radius 3 is 2.38 bits per heavy atom. The maximum atomic E-state index is 14.0. The number of amides is 3. The standard InChI is InChI=1S/C25H26FN5O5S/c1-3-14-7-5-6-8-17(14)31(25(35)22-19(27)20(23(28)33)30-37-22)21(15-9-11-16(26)12-10-15)24(34)29-13-18(32)36-4-2/h5-12,21H,3-4,13,27H2,1-2H3,(H2,28,33)(H,29,34)/t21-/m1/s1. The van der Waals surface area contributed by atoms with Crippen molar-refractivity contribution in [1.29, 1.82) is 0 Å². The lowest BCUT2D eigenvalue weighted by molar-refractivity contribution is -0.143. The number of carbonyl (C=O) groups is 4. The molecule has 0 saturated heterocycles. The van der Waals surface area contributed by atoms with Gasteiger partial charge in [0.05, 0.1) is 12.3 Å².